The van der Waals surface area contributed by atoms with Crippen LogP contribution in [0.25, 0.3) is 0 Å². The molecule has 18 heavy (non-hydrogen) atoms. The summed E-state index contributed by atoms with van der Waals surface area (Å²) >= 11 is 5.98. The average Bonchev–Trinajstić information content (AvgIpc) is 2.77. The first-order valence-corrected chi connectivity index (χ1v) is 6.13. The molecule has 0 fully saturated rings. The van der Waals surface area contributed by atoms with Crippen LogP contribution in [0.15, 0.2) is 34.9 Å². The largest absolute Gasteiger partial charge is 0.417 e. The highest BCUT2D eigenvalue weighted by molar-refractivity contribution is 6.32. The normalized spacial score (nSPS) is 10.9. The molecule has 0 saturated heterocycles. The minimum Gasteiger partial charge on any atom is -0.417 e. The van der Waals surface area contributed by atoms with E-state index in [1.165, 1.54) is 0 Å². The maximum atomic E-state index is 5.98. The summed E-state index contributed by atoms with van der Waals surface area (Å²) in [4.78, 5) is 4.21. The molecule has 5 heteroatoms. The highest BCUT2D eigenvalue weighted by atomic mass is 35.5. The number of nitrogens with zero attached hydrogens (tertiary/aromatic N) is 1. The van der Waals surface area contributed by atoms with Gasteiger partial charge in [0.1, 0.15) is 6.26 Å². The van der Waals surface area contributed by atoms with Crippen molar-refractivity contribution in [3.63, 3.8) is 0 Å². The van der Waals surface area contributed by atoms with Gasteiger partial charge < -0.3 is 14.5 Å². The van der Waals surface area contributed by atoms with Gasteiger partial charge in [-0.25, -0.2) is 0 Å². The molecule has 0 saturated carbocycles. The Bertz CT molecular complexity index is 511. The Morgan fingerprint density at radius 3 is 2.89 bits per heavy atom. The molecule has 0 amide bonds. The molecule has 1 aromatic heterocycles. The van der Waals surface area contributed by atoms with Crippen molar-refractivity contribution < 1.29 is 9.15 Å². The Kier molecular flexibility index (Phi) is 4.23. The lowest BCUT2D eigenvalue weighted by molar-refractivity contribution is 0.331. The van der Waals surface area contributed by atoms with Crippen LogP contribution >= 0.6 is 11.6 Å². The highest BCUT2D eigenvalue weighted by Gasteiger charge is 2.08. The zero-order valence-corrected chi connectivity index (χ0v) is 11.1. The Morgan fingerprint density at radius 2 is 2.17 bits per heavy atom. The van der Waals surface area contributed by atoms with E-state index in [1.807, 2.05) is 12.1 Å². The van der Waals surface area contributed by atoms with Crippen molar-refractivity contribution in [2.45, 2.75) is 26.4 Å². The topological polar surface area (TPSA) is 47.3 Å². The molecule has 0 spiro atoms. The molecule has 2 aromatic rings. The maximum Gasteiger partial charge on any atom is 0.399 e. The summed E-state index contributed by atoms with van der Waals surface area (Å²) in [5.74, 6) is 0.532. The Morgan fingerprint density at radius 1 is 1.39 bits per heavy atom. The molecule has 0 unspecified atom stereocenters. The van der Waals surface area contributed by atoms with Gasteiger partial charge in [0.25, 0.3) is 0 Å². The molecule has 0 aliphatic heterocycles. The van der Waals surface area contributed by atoms with E-state index in [0.29, 0.717) is 23.4 Å². The van der Waals surface area contributed by atoms with Crippen LogP contribution in [0, 0.1) is 0 Å². The first kappa shape index (κ1) is 12.9. The summed E-state index contributed by atoms with van der Waals surface area (Å²) in [6, 6.07) is 7.59. The number of rotatable bonds is 5. The third-order valence-electron chi connectivity index (χ3n) is 2.26. The standard InChI is InChI=1S/C13H15ClN2O2/c1-9(2)15-7-10-8-17-13(16-10)18-12-6-4-3-5-11(12)14/h3-6,8-9,15H,7H2,1-2H3. The fourth-order valence-electron chi connectivity index (χ4n) is 1.35. The molecular weight excluding hydrogens is 252 g/mol. The number of ether oxygens (including phenoxy) is 1. The molecule has 1 heterocycles. The SMILES string of the molecule is CC(C)NCc1coc(Oc2ccccc2Cl)n1. The maximum absolute atomic E-state index is 5.98. The van der Waals surface area contributed by atoms with Crippen molar-refractivity contribution >= 4 is 11.6 Å². The van der Waals surface area contributed by atoms with Gasteiger partial charge in [-0.1, -0.05) is 37.6 Å². The van der Waals surface area contributed by atoms with Gasteiger partial charge in [-0.15, -0.1) is 0 Å². The first-order valence-electron chi connectivity index (χ1n) is 5.75. The van der Waals surface area contributed by atoms with E-state index in [2.05, 4.69) is 24.1 Å². The number of oxazole rings is 1. The van der Waals surface area contributed by atoms with Gasteiger partial charge in [0.05, 0.1) is 10.7 Å². The van der Waals surface area contributed by atoms with Crippen LogP contribution in [0.3, 0.4) is 0 Å². The van der Waals surface area contributed by atoms with E-state index in [0.717, 1.165) is 5.69 Å². The van der Waals surface area contributed by atoms with Crippen molar-refractivity contribution in [1.29, 1.82) is 0 Å². The number of halogens is 1. The smallest absolute Gasteiger partial charge is 0.399 e. The molecule has 4 nitrogen and oxygen atoms in total. The van der Waals surface area contributed by atoms with Crippen LogP contribution in [0.4, 0.5) is 0 Å². The lowest BCUT2D eigenvalue weighted by Gasteiger charge is -2.04. The fraction of sp³-hybridized carbons (Fsp3) is 0.308. The lowest BCUT2D eigenvalue weighted by Crippen LogP contribution is -2.21. The summed E-state index contributed by atoms with van der Waals surface area (Å²) in [7, 11) is 0. The zero-order valence-electron chi connectivity index (χ0n) is 10.3. The molecule has 1 N–H and O–H groups in total. The summed E-state index contributed by atoms with van der Waals surface area (Å²) in [6.45, 7) is 4.79. The lowest BCUT2D eigenvalue weighted by atomic mass is 10.3. The molecule has 0 atom stereocenters. The van der Waals surface area contributed by atoms with E-state index >= 15 is 0 Å². The van der Waals surface area contributed by atoms with Gasteiger partial charge in [-0.2, -0.15) is 4.98 Å². The second-order valence-corrected chi connectivity index (χ2v) is 4.58. The van der Waals surface area contributed by atoms with E-state index in [-0.39, 0.29) is 6.08 Å². The van der Waals surface area contributed by atoms with Gasteiger partial charge in [-0.3, -0.25) is 0 Å². The number of hydrogen-bond acceptors (Lipinski definition) is 4. The van der Waals surface area contributed by atoms with Crippen molar-refractivity contribution in [2.75, 3.05) is 0 Å². The van der Waals surface area contributed by atoms with Crippen molar-refractivity contribution in [2.24, 2.45) is 0 Å². The van der Waals surface area contributed by atoms with Crippen molar-refractivity contribution in [3.05, 3.63) is 41.2 Å². The monoisotopic (exact) mass is 266 g/mol. The molecule has 96 valence electrons. The second-order valence-electron chi connectivity index (χ2n) is 4.17. The van der Waals surface area contributed by atoms with Crippen LogP contribution in [0.1, 0.15) is 19.5 Å². The zero-order chi connectivity index (χ0) is 13.0. The molecule has 2 rings (SSSR count). The molecule has 0 aliphatic rings. The van der Waals surface area contributed by atoms with E-state index in [9.17, 15) is 0 Å². The molecule has 0 aliphatic carbocycles. The molecular formula is C13H15ClN2O2. The number of benzene rings is 1. The van der Waals surface area contributed by atoms with Crippen LogP contribution in [-0.4, -0.2) is 11.0 Å². The number of hydrogen-bond donors (Lipinski definition) is 1. The van der Waals surface area contributed by atoms with Crippen LogP contribution < -0.4 is 10.1 Å². The Hall–Kier alpha value is -1.52. The number of aromatic nitrogens is 1. The van der Waals surface area contributed by atoms with E-state index in [1.54, 1.807) is 18.4 Å². The van der Waals surface area contributed by atoms with Crippen LogP contribution in [-0.2, 0) is 6.54 Å². The van der Waals surface area contributed by atoms with Gasteiger partial charge in [0.15, 0.2) is 5.75 Å². The third kappa shape index (κ3) is 3.48. The second kappa shape index (κ2) is 5.89. The summed E-state index contributed by atoms with van der Waals surface area (Å²) < 4.78 is 10.7. The summed E-state index contributed by atoms with van der Waals surface area (Å²) in [5, 5.41) is 3.77. The van der Waals surface area contributed by atoms with E-state index in [4.69, 9.17) is 20.8 Å². The minimum atomic E-state index is 0.198. The quantitative estimate of drug-likeness (QED) is 0.898. The van der Waals surface area contributed by atoms with Crippen molar-refractivity contribution in [1.82, 2.24) is 10.3 Å². The predicted octanol–water partition coefficient (Wildman–Crippen LogP) is 3.62. The highest BCUT2D eigenvalue weighted by Crippen LogP contribution is 2.28. The predicted molar refractivity (Wildman–Crippen MR) is 70.0 cm³/mol. The summed E-state index contributed by atoms with van der Waals surface area (Å²) in [6.07, 6.45) is 1.77. The third-order valence-corrected chi connectivity index (χ3v) is 2.57. The first-order chi connectivity index (χ1) is 8.65. The van der Waals surface area contributed by atoms with Gasteiger partial charge >= 0.3 is 6.08 Å². The molecule has 1 aromatic carbocycles. The van der Waals surface area contributed by atoms with Crippen LogP contribution in [0.5, 0.6) is 11.8 Å². The molecule has 0 radical (unpaired) electrons. The minimum absolute atomic E-state index is 0.198. The Labute approximate surface area is 111 Å². The number of nitrogens with one attached hydrogen (secondary N) is 1. The Balaban J connectivity index is 2.00. The van der Waals surface area contributed by atoms with Gasteiger partial charge in [0.2, 0.25) is 0 Å². The van der Waals surface area contributed by atoms with Gasteiger partial charge in [-0.05, 0) is 12.1 Å². The molecule has 0 bridgehead atoms. The van der Waals surface area contributed by atoms with Crippen molar-refractivity contribution in [3.8, 4) is 11.8 Å². The summed E-state index contributed by atoms with van der Waals surface area (Å²) in [5.41, 5.74) is 0.797. The number of para-hydroxylation sites is 1. The van der Waals surface area contributed by atoms with Crippen LogP contribution in [0.2, 0.25) is 5.02 Å². The average molecular weight is 267 g/mol. The van der Waals surface area contributed by atoms with Gasteiger partial charge in [0, 0.05) is 12.6 Å². The fourth-order valence-corrected chi connectivity index (χ4v) is 1.52. The van der Waals surface area contributed by atoms with E-state index < -0.39 is 0 Å².